The summed E-state index contributed by atoms with van der Waals surface area (Å²) in [6.07, 6.45) is 1.53. The molecule has 0 atom stereocenters. The number of hydrogen-bond acceptors (Lipinski definition) is 4. The number of hydrogen-bond donors (Lipinski definition) is 0. The van der Waals surface area contributed by atoms with Gasteiger partial charge in [-0.15, -0.1) is 0 Å². The molecule has 4 nitrogen and oxygen atoms in total. The summed E-state index contributed by atoms with van der Waals surface area (Å²) in [5.74, 6) is 0.816. The summed E-state index contributed by atoms with van der Waals surface area (Å²) in [4.78, 5) is 11.4. The van der Waals surface area contributed by atoms with Crippen LogP contribution in [0.4, 0.5) is 0 Å². The summed E-state index contributed by atoms with van der Waals surface area (Å²) in [5, 5.41) is 3.76. The zero-order valence-corrected chi connectivity index (χ0v) is 9.66. The Balaban J connectivity index is 3.05. The molecule has 0 N–H and O–H groups in total. The Kier molecular flexibility index (Phi) is 3.88. The van der Waals surface area contributed by atoms with Crippen molar-refractivity contribution in [3.8, 4) is 0 Å². The molecule has 0 aliphatic carbocycles. The molecule has 1 rings (SSSR count). The quantitative estimate of drug-likeness (QED) is 0.716. The lowest BCUT2D eigenvalue weighted by molar-refractivity contribution is 0.0588. The molecule has 0 aromatic carbocycles. The molecule has 0 bridgehead atoms. The summed E-state index contributed by atoms with van der Waals surface area (Å²) in [7, 11) is 1.35. The predicted octanol–water partition coefficient (Wildman–Crippen LogP) is 2.22. The first-order valence-corrected chi connectivity index (χ1v) is 5.15. The maximum Gasteiger partial charge on any atom is 0.360 e. The van der Waals surface area contributed by atoms with E-state index < -0.39 is 5.97 Å². The van der Waals surface area contributed by atoms with E-state index in [2.05, 4.69) is 23.7 Å². The second-order valence-electron chi connectivity index (χ2n) is 3.88. The lowest BCUT2D eigenvalue weighted by atomic mass is 10.00. The second-order valence-corrected chi connectivity index (χ2v) is 3.88. The van der Waals surface area contributed by atoms with Crippen LogP contribution in [0.15, 0.2) is 4.52 Å². The smallest absolute Gasteiger partial charge is 0.360 e. The first kappa shape index (κ1) is 11.8. The molecular formula is C11H17NO3. The molecule has 0 amide bonds. The fourth-order valence-electron chi connectivity index (χ4n) is 1.50. The van der Waals surface area contributed by atoms with Crippen molar-refractivity contribution in [1.82, 2.24) is 5.16 Å². The van der Waals surface area contributed by atoms with Gasteiger partial charge < -0.3 is 9.26 Å². The predicted molar refractivity (Wildman–Crippen MR) is 55.8 cm³/mol. The first-order chi connectivity index (χ1) is 7.10. The van der Waals surface area contributed by atoms with Gasteiger partial charge in [-0.1, -0.05) is 25.9 Å². The summed E-state index contributed by atoms with van der Waals surface area (Å²) in [6, 6.07) is 0. The first-order valence-electron chi connectivity index (χ1n) is 5.15. The summed E-state index contributed by atoms with van der Waals surface area (Å²) in [6.45, 7) is 6.16. The minimum absolute atomic E-state index is 0.322. The molecular weight excluding hydrogens is 194 g/mol. The molecule has 1 heterocycles. The third-order valence-electron chi connectivity index (χ3n) is 2.18. The number of aryl methyl sites for hydroxylation is 1. The number of nitrogens with zero attached hydrogens (tertiary/aromatic N) is 1. The van der Waals surface area contributed by atoms with E-state index >= 15 is 0 Å². The Morgan fingerprint density at radius 3 is 2.67 bits per heavy atom. The van der Waals surface area contributed by atoms with Crippen LogP contribution in [0.1, 0.15) is 42.6 Å². The van der Waals surface area contributed by atoms with Gasteiger partial charge in [0.15, 0.2) is 5.69 Å². The summed E-state index contributed by atoms with van der Waals surface area (Å²) < 4.78 is 9.77. The van der Waals surface area contributed by atoms with Gasteiger partial charge in [-0.3, -0.25) is 0 Å². The lowest BCUT2D eigenvalue weighted by Crippen LogP contribution is -2.08. The number of aromatic nitrogens is 1. The largest absolute Gasteiger partial charge is 0.464 e. The number of esters is 1. The molecule has 15 heavy (non-hydrogen) atoms. The SMILES string of the molecule is CCc1onc(C(=O)OC)c1CC(C)C. The van der Waals surface area contributed by atoms with Crippen LogP contribution >= 0.6 is 0 Å². The van der Waals surface area contributed by atoms with Gasteiger partial charge in [0, 0.05) is 12.0 Å². The molecule has 1 aromatic rings. The van der Waals surface area contributed by atoms with E-state index in [9.17, 15) is 4.79 Å². The molecule has 0 aliphatic heterocycles. The van der Waals surface area contributed by atoms with Gasteiger partial charge in [0.1, 0.15) is 5.76 Å². The van der Waals surface area contributed by atoms with Crippen LogP contribution in [0.5, 0.6) is 0 Å². The van der Waals surface area contributed by atoms with E-state index in [0.29, 0.717) is 11.6 Å². The Bertz CT molecular complexity index is 342. The van der Waals surface area contributed by atoms with Crippen molar-refractivity contribution in [2.45, 2.75) is 33.6 Å². The Morgan fingerprint density at radius 2 is 2.20 bits per heavy atom. The van der Waals surface area contributed by atoms with Crippen LogP contribution in [-0.2, 0) is 17.6 Å². The molecule has 0 unspecified atom stereocenters. The van der Waals surface area contributed by atoms with E-state index in [4.69, 9.17) is 4.52 Å². The average molecular weight is 211 g/mol. The minimum Gasteiger partial charge on any atom is -0.464 e. The Labute approximate surface area is 89.6 Å². The number of carbonyl (C=O) groups excluding carboxylic acids is 1. The van der Waals surface area contributed by atoms with Gasteiger partial charge in [-0.25, -0.2) is 4.79 Å². The van der Waals surface area contributed by atoms with Crippen LogP contribution < -0.4 is 0 Å². The van der Waals surface area contributed by atoms with Crippen LogP contribution in [0.25, 0.3) is 0 Å². The number of methoxy groups -OCH3 is 1. The molecule has 0 fully saturated rings. The second kappa shape index (κ2) is 4.96. The zero-order valence-electron chi connectivity index (χ0n) is 9.66. The Hall–Kier alpha value is -1.32. The average Bonchev–Trinajstić information content (AvgIpc) is 2.59. The number of ether oxygens (including phenoxy) is 1. The van der Waals surface area contributed by atoms with E-state index in [0.717, 1.165) is 24.2 Å². The molecule has 84 valence electrons. The molecule has 0 aliphatic rings. The highest BCUT2D eigenvalue weighted by Crippen LogP contribution is 2.19. The molecule has 0 spiro atoms. The molecule has 1 aromatic heterocycles. The van der Waals surface area contributed by atoms with Gasteiger partial charge in [0.25, 0.3) is 0 Å². The Morgan fingerprint density at radius 1 is 1.53 bits per heavy atom. The van der Waals surface area contributed by atoms with Gasteiger partial charge >= 0.3 is 5.97 Å². The third kappa shape index (κ3) is 2.58. The highest BCUT2D eigenvalue weighted by molar-refractivity contribution is 5.88. The maximum absolute atomic E-state index is 11.4. The van der Waals surface area contributed by atoms with Gasteiger partial charge in [0.05, 0.1) is 7.11 Å². The standard InChI is InChI=1S/C11H17NO3/c1-5-9-8(6-7(2)3)10(12-15-9)11(13)14-4/h7H,5-6H2,1-4H3. The van der Waals surface area contributed by atoms with Crippen LogP contribution in [-0.4, -0.2) is 18.2 Å². The minimum atomic E-state index is -0.422. The van der Waals surface area contributed by atoms with Crippen molar-refractivity contribution in [2.75, 3.05) is 7.11 Å². The van der Waals surface area contributed by atoms with Crippen LogP contribution in [0, 0.1) is 5.92 Å². The van der Waals surface area contributed by atoms with Crippen LogP contribution in [0.2, 0.25) is 0 Å². The van der Waals surface area contributed by atoms with Crippen molar-refractivity contribution in [1.29, 1.82) is 0 Å². The summed E-state index contributed by atoms with van der Waals surface area (Å²) >= 11 is 0. The monoisotopic (exact) mass is 211 g/mol. The van der Waals surface area contributed by atoms with Gasteiger partial charge in [0.2, 0.25) is 0 Å². The van der Waals surface area contributed by atoms with Crippen molar-refractivity contribution in [3.05, 3.63) is 17.0 Å². The highest BCUT2D eigenvalue weighted by Gasteiger charge is 2.21. The summed E-state index contributed by atoms with van der Waals surface area (Å²) in [5.41, 5.74) is 1.21. The third-order valence-corrected chi connectivity index (χ3v) is 2.18. The molecule has 4 heteroatoms. The molecule has 0 saturated carbocycles. The lowest BCUT2D eigenvalue weighted by Gasteiger charge is -2.04. The van der Waals surface area contributed by atoms with Crippen molar-refractivity contribution < 1.29 is 14.1 Å². The van der Waals surface area contributed by atoms with Crippen molar-refractivity contribution >= 4 is 5.97 Å². The van der Waals surface area contributed by atoms with E-state index in [-0.39, 0.29) is 0 Å². The van der Waals surface area contributed by atoms with Crippen LogP contribution in [0.3, 0.4) is 0 Å². The zero-order chi connectivity index (χ0) is 11.4. The van der Waals surface area contributed by atoms with Gasteiger partial charge in [-0.05, 0) is 12.3 Å². The van der Waals surface area contributed by atoms with Crippen molar-refractivity contribution in [2.24, 2.45) is 5.92 Å². The maximum atomic E-state index is 11.4. The topological polar surface area (TPSA) is 52.3 Å². The van der Waals surface area contributed by atoms with Crippen molar-refractivity contribution in [3.63, 3.8) is 0 Å². The molecule has 0 radical (unpaired) electrons. The fraction of sp³-hybridized carbons (Fsp3) is 0.636. The highest BCUT2D eigenvalue weighted by atomic mass is 16.5. The normalized spacial score (nSPS) is 10.7. The molecule has 0 saturated heterocycles. The van der Waals surface area contributed by atoms with E-state index in [1.54, 1.807) is 0 Å². The van der Waals surface area contributed by atoms with E-state index in [1.165, 1.54) is 7.11 Å². The number of carbonyl (C=O) groups is 1. The fourth-order valence-corrected chi connectivity index (χ4v) is 1.50. The van der Waals surface area contributed by atoms with E-state index in [1.807, 2.05) is 6.92 Å². The van der Waals surface area contributed by atoms with Gasteiger partial charge in [-0.2, -0.15) is 0 Å². The number of rotatable bonds is 4.